The molecule has 1 amide bonds. The summed E-state index contributed by atoms with van der Waals surface area (Å²) in [5.41, 5.74) is 0. The molecule has 0 radical (unpaired) electrons. The van der Waals surface area contributed by atoms with Gasteiger partial charge in [-0.05, 0) is 40.4 Å². The van der Waals surface area contributed by atoms with Crippen LogP contribution in [0.3, 0.4) is 0 Å². The highest BCUT2D eigenvalue weighted by Gasteiger charge is 2.14. The second-order valence-corrected chi connectivity index (χ2v) is 4.18. The van der Waals surface area contributed by atoms with Gasteiger partial charge >= 0.3 is 0 Å². The van der Waals surface area contributed by atoms with Crippen LogP contribution in [0.15, 0.2) is 0 Å². The summed E-state index contributed by atoms with van der Waals surface area (Å²) in [5.74, 6) is 0.0820. The molecular weight excluding hydrogens is 218 g/mol. The maximum absolute atomic E-state index is 11.7. The Labute approximate surface area is 104 Å². The first-order chi connectivity index (χ1) is 8.11. The summed E-state index contributed by atoms with van der Waals surface area (Å²) in [6.07, 6.45) is 3.30. The smallest absolute Gasteiger partial charge is 0.237 e. The van der Waals surface area contributed by atoms with E-state index in [0.717, 1.165) is 25.8 Å². The summed E-state index contributed by atoms with van der Waals surface area (Å²) in [6, 6.07) is -0.154. The monoisotopic (exact) mass is 243 g/mol. The van der Waals surface area contributed by atoms with E-state index in [1.807, 2.05) is 7.05 Å². The first-order valence-corrected chi connectivity index (χ1v) is 6.20. The predicted octanol–water partition coefficient (Wildman–Crippen LogP) is 0.0594. The minimum Gasteiger partial charge on any atom is -0.354 e. The minimum absolute atomic E-state index is 0.0155. The number of carbonyl (C=O) groups is 2. The standard InChI is InChI=1S/C12H25N3O2/c1-10(16)7-9-15-12(17)11(14-3)6-4-5-8-13-2/h11,13-14H,4-9H2,1-3H3,(H,15,17). The highest BCUT2D eigenvalue weighted by Crippen LogP contribution is 2.00. The number of unbranched alkanes of at least 4 members (excludes halogenated alkanes) is 1. The van der Waals surface area contributed by atoms with Gasteiger partial charge < -0.3 is 16.0 Å². The van der Waals surface area contributed by atoms with Crippen LogP contribution in [0.4, 0.5) is 0 Å². The Morgan fingerprint density at radius 2 is 1.82 bits per heavy atom. The van der Waals surface area contributed by atoms with Crippen LogP contribution < -0.4 is 16.0 Å². The van der Waals surface area contributed by atoms with Gasteiger partial charge in [-0.3, -0.25) is 9.59 Å². The molecule has 1 unspecified atom stereocenters. The Hall–Kier alpha value is -0.940. The first kappa shape index (κ1) is 16.1. The number of hydrogen-bond donors (Lipinski definition) is 3. The van der Waals surface area contributed by atoms with Gasteiger partial charge in [0.1, 0.15) is 5.78 Å². The van der Waals surface area contributed by atoms with E-state index >= 15 is 0 Å². The van der Waals surface area contributed by atoms with Crippen molar-refractivity contribution in [3.8, 4) is 0 Å². The van der Waals surface area contributed by atoms with Crippen molar-refractivity contribution < 1.29 is 9.59 Å². The summed E-state index contributed by atoms with van der Waals surface area (Å²) in [4.78, 5) is 22.5. The topological polar surface area (TPSA) is 70.2 Å². The van der Waals surface area contributed by atoms with E-state index in [0.29, 0.717) is 13.0 Å². The van der Waals surface area contributed by atoms with Crippen LogP contribution in [0.1, 0.15) is 32.6 Å². The Balaban J connectivity index is 3.75. The third kappa shape index (κ3) is 8.83. The average Bonchev–Trinajstić information content (AvgIpc) is 2.28. The largest absolute Gasteiger partial charge is 0.354 e. The molecule has 17 heavy (non-hydrogen) atoms. The second kappa shape index (κ2) is 10.2. The van der Waals surface area contributed by atoms with Gasteiger partial charge in [-0.25, -0.2) is 0 Å². The average molecular weight is 243 g/mol. The van der Waals surface area contributed by atoms with Gasteiger partial charge in [-0.2, -0.15) is 0 Å². The molecule has 0 aliphatic carbocycles. The molecule has 0 saturated carbocycles. The van der Waals surface area contributed by atoms with Gasteiger partial charge in [0.15, 0.2) is 0 Å². The lowest BCUT2D eigenvalue weighted by molar-refractivity contribution is -0.123. The van der Waals surface area contributed by atoms with E-state index in [9.17, 15) is 9.59 Å². The van der Waals surface area contributed by atoms with Gasteiger partial charge in [-0.15, -0.1) is 0 Å². The zero-order valence-electron chi connectivity index (χ0n) is 11.1. The minimum atomic E-state index is -0.154. The molecular formula is C12H25N3O2. The van der Waals surface area contributed by atoms with E-state index < -0.39 is 0 Å². The molecule has 0 aromatic carbocycles. The number of ketones is 1. The Morgan fingerprint density at radius 3 is 2.35 bits per heavy atom. The van der Waals surface area contributed by atoms with Crippen molar-refractivity contribution in [2.45, 2.75) is 38.6 Å². The molecule has 0 spiro atoms. The van der Waals surface area contributed by atoms with E-state index in [4.69, 9.17) is 0 Å². The van der Waals surface area contributed by atoms with Gasteiger partial charge in [0.05, 0.1) is 6.04 Å². The predicted molar refractivity (Wildman–Crippen MR) is 68.9 cm³/mol. The first-order valence-electron chi connectivity index (χ1n) is 6.20. The van der Waals surface area contributed by atoms with E-state index in [1.54, 1.807) is 7.05 Å². The van der Waals surface area contributed by atoms with Crippen molar-refractivity contribution in [2.75, 3.05) is 27.2 Å². The third-order valence-corrected chi connectivity index (χ3v) is 2.61. The molecule has 1 atom stereocenters. The molecule has 0 aliphatic rings. The molecule has 0 heterocycles. The molecule has 0 fully saturated rings. The summed E-state index contributed by atoms with van der Waals surface area (Å²) >= 11 is 0. The van der Waals surface area contributed by atoms with Crippen LogP contribution in [0.25, 0.3) is 0 Å². The fourth-order valence-electron chi connectivity index (χ4n) is 1.54. The Morgan fingerprint density at radius 1 is 1.12 bits per heavy atom. The number of carbonyl (C=O) groups excluding carboxylic acids is 2. The van der Waals surface area contributed by atoms with Crippen molar-refractivity contribution >= 4 is 11.7 Å². The lowest BCUT2D eigenvalue weighted by Crippen LogP contribution is -2.43. The maximum atomic E-state index is 11.7. The zero-order chi connectivity index (χ0) is 13.1. The number of hydrogen-bond acceptors (Lipinski definition) is 4. The SMILES string of the molecule is CNCCCCC(NC)C(=O)NCCC(C)=O. The summed E-state index contributed by atoms with van der Waals surface area (Å²) in [6.45, 7) is 2.94. The van der Waals surface area contributed by atoms with Gasteiger partial charge in [0.25, 0.3) is 0 Å². The third-order valence-electron chi connectivity index (χ3n) is 2.61. The van der Waals surface area contributed by atoms with Crippen LogP contribution in [0, 0.1) is 0 Å². The van der Waals surface area contributed by atoms with Gasteiger partial charge in [0, 0.05) is 13.0 Å². The number of likely N-dealkylation sites (N-methyl/N-ethyl adjacent to an activating group) is 1. The maximum Gasteiger partial charge on any atom is 0.237 e. The number of rotatable bonds is 10. The second-order valence-electron chi connectivity index (χ2n) is 4.18. The van der Waals surface area contributed by atoms with E-state index in [1.165, 1.54) is 6.92 Å². The molecule has 3 N–H and O–H groups in total. The van der Waals surface area contributed by atoms with Crippen molar-refractivity contribution in [2.24, 2.45) is 0 Å². The quantitative estimate of drug-likeness (QED) is 0.475. The molecule has 0 saturated heterocycles. The molecule has 0 aromatic rings. The number of nitrogens with one attached hydrogen (secondary N) is 3. The molecule has 0 aliphatic heterocycles. The molecule has 0 bridgehead atoms. The fourth-order valence-corrected chi connectivity index (χ4v) is 1.54. The normalized spacial score (nSPS) is 12.2. The molecule has 0 aromatic heterocycles. The number of Topliss-reactive ketones (excluding diaryl/α,β-unsaturated/α-hetero) is 1. The molecule has 0 rings (SSSR count). The van der Waals surface area contributed by atoms with Crippen LogP contribution in [0.2, 0.25) is 0 Å². The number of amides is 1. The summed E-state index contributed by atoms with van der Waals surface area (Å²) in [5, 5.41) is 8.84. The van der Waals surface area contributed by atoms with Crippen LogP contribution >= 0.6 is 0 Å². The van der Waals surface area contributed by atoms with Crippen LogP contribution in [-0.4, -0.2) is 44.9 Å². The fraction of sp³-hybridized carbons (Fsp3) is 0.833. The molecule has 5 nitrogen and oxygen atoms in total. The van der Waals surface area contributed by atoms with Crippen molar-refractivity contribution in [1.29, 1.82) is 0 Å². The van der Waals surface area contributed by atoms with E-state index in [-0.39, 0.29) is 17.7 Å². The summed E-state index contributed by atoms with van der Waals surface area (Å²) < 4.78 is 0. The van der Waals surface area contributed by atoms with E-state index in [2.05, 4.69) is 16.0 Å². The van der Waals surface area contributed by atoms with Gasteiger partial charge in [0.2, 0.25) is 5.91 Å². The summed E-state index contributed by atoms with van der Waals surface area (Å²) in [7, 11) is 3.71. The lowest BCUT2D eigenvalue weighted by atomic mass is 10.1. The van der Waals surface area contributed by atoms with Crippen molar-refractivity contribution in [3.05, 3.63) is 0 Å². The molecule has 5 heteroatoms. The highest BCUT2D eigenvalue weighted by molar-refractivity contribution is 5.82. The van der Waals surface area contributed by atoms with Crippen molar-refractivity contribution in [3.63, 3.8) is 0 Å². The Bertz CT molecular complexity index is 232. The van der Waals surface area contributed by atoms with Crippen molar-refractivity contribution in [1.82, 2.24) is 16.0 Å². The zero-order valence-corrected chi connectivity index (χ0v) is 11.1. The van der Waals surface area contributed by atoms with Crippen LogP contribution in [0.5, 0.6) is 0 Å². The molecule has 100 valence electrons. The lowest BCUT2D eigenvalue weighted by Gasteiger charge is -2.15. The Kier molecular flexibility index (Phi) is 9.66. The van der Waals surface area contributed by atoms with Gasteiger partial charge in [-0.1, -0.05) is 6.42 Å². The highest BCUT2D eigenvalue weighted by atomic mass is 16.2. The van der Waals surface area contributed by atoms with Crippen LogP contribution in [-0.2, 0) is 9.59 Å².